The van der Waals surface area contributed by atoms with Crippen molar-refractivity contribution in [2.75, 3.05) is 6.61 Å². The number of amides is 1. The van der Waals surface area contributed by atoms with Gasteiger partial charge in [0.1, 0.15) is 23.7 Å². The Balaban J connectivity index is 2.37. The number of halogens is 1. The summed E-state index contributed by atoms with van der Waals surface area (Å²) >= 11 is 0. The zero-order chi connectivity index (χ0) is 19.7. The van der Waals surface area contributed by atoms with E-state index >= 15 is 0 Å². The molecule has 10 heteroatoms. The van der Waals surface area contributed by atoms with Crippen LogP contribution in [0, 0.1) is 12.7 Å². The molecule has 0 fully saturated rings. The summed E-state index contributed by atoms with van der Waals surface area (Å²) in [6.07, 6.45) is 0. The van der Waals surface area contributed by atoms with Crippen molar-refractivity contribution < 1.29 is 18.7 Å². The van der Waals surface area contributed by atoms with Crippen molar-refractivity contribution in [2.45, 2.75) is 20.4 Å². The second-order valence-corrected chi connectivity index (χ2v) is 5.64. The third kappa shape index (κ3) is 3.28. The molecule has 3 aromatic rings. The lowest BCUT2D eigenvalue weighted by molar-refractivity contribution is -0.143. The van der Waals surface area contributed by atoms with Crippen LogP contribution < -0.4 is 11.4 Å². The number of imidazole rings is 1. The number of fused-ring (bicyclic) bond motifs is 1. The number of aryl methyl sites for hydroxylation is 1. The highest BCUT2D eigenvalue weighted by atomic mass is 19.1. The lowest BCUT2D eigenvalue weighted by Crippen LogP contribution is -2.28. The second kappa shape index (κ2) is 6.98. The van der Waals surface area contributed by atoms with Gasteiger partial charge in [-0.1, -0.05) is 0 Å². The van der Waals surface area contributed by atoms with Gasteiger partial charge >= 0.3 is 11.7 Å². The van der Waals surface area contributed by atoms with Crippen molar-refractivity contribution in [3.63, 3.8) is 0 Å². The molecule has 0 spiro atoms. The third-order valence-electron chi connectivity index (χ3n) is 3.79. The molecule has 0 radical (unpaired) electrons. The van der Waals surface area contributed by atoms with Crippen molar-refractivity contribution >= 4 is 23.0 Å². The van der Waals surface area contributed by atoms with E-state index < -0.39 is 29.9 Å². The number of rotatable bonds is 5. The van der Waals surface area contributed by atoms with Gasteiger partial charge in [0.05, 0.1) is 12.3 Å². The predicted octanol–water partition coefficient (Wildman–Crippen LogP) is 0.692. The number of hydrogen-bond donors (Lipinski definition) is 1. The fourth-order valence-corrected chi connectivity index (χ4v) is 2.74. The molecule has 0 aliphatic carbocycles. The summed E-state index contributed by atoms with van der Waals surface area (Å²) in [4.78, 5) is 45.1. The molecule has 0 saturated heterocycles. The molecule has 27 heavy (non-hydrogen) atoms. The van der Waals surface area contributed by atoms with Gasteiger partial charge in [0.25, 0.3) is 5.91 Å². The van der Waals surface area contributed by atoms with Gasteiger partial charge in [-0.2, -0.15) is 0 Å². The van der Waals surface area contributed by atoms with Crippen LogP contribution in [0.2, 0.25) is 0 Å². The second-order valence-electron chi connectivity index (χ2n) is 5.64. The molecule has 1 aromatic carbocycles. The number of nitrogens with two attached hydrogens (primary N) is 1. The average Bonchev–Trinajstić information content (AvgIpc) is 2.87. The Kier molecular flexibility index (Phi) is 4.72. The fourth-order valence-electron chi connectivity index (χ4n) is 2.74. The van der Waals surface area contributed by atoms with Crippen LogP contribution in [0.15, 0.2) is 29.1 Å². The van der Waals surface area contributed by atoms with Crippen molar-refractivity contribution in [1.82, 2.24) is 19.1 Å². The minimum Gasteiger partial charge on any atom is -0.465 e. The molecule has 0 unspecified atom stereocenters. The van der Waals surface area contributed by atoms with E-state index in [9.17, 15) is 18.8 Å². The van der Waals surface area contributed by atoms with E-state index in [1.165, 1.54) is 31.2 Å². The van der Waals surface area contributed by atoms with Gasteiger partial charge < -0.3 is 10.5 Å². The van der Waals surface area contributed by atoms with E-state index in [0.29, 0.717) is 5.69 Å². The van der Waals surface area contributed by atoms with Crippen molar-refractivity contribution in [3.05, 3.63) is 52.1 Å². The van der Waals surface area contributed by atoms with Gasteiger partial charge in [-0.05, 0) is 38.1 Å². The first kappa shape index (κ1) is 18.2. The largest absolute Gasteiger partial charge is 0.465 e. The highest BCUT2D eigenvalue weighted by molar-refractivity contribution is 6.02. The minimum atomic E-state index is -0.876. The molecule has 3 rings (SSSR count). The molecule has 0 atom stereocenters. The van der Waals surface area contributed by atoms with Crippen molar-refractivity contribution in [3.8, 4) is 5.69 Å². The van der Waals surface area contributed by atoms with E-state index in [1.54, 1.807) is 6.92 Å². The normalized spacial score (nSPS) is 10.9. The van der Waals surface area contributed by atoms with Gasteiger partial charge in [0.15, 0.2) is 11.3 Å². The van der Waals surface area contributed by atoms with E-state index in [2.05, 4.69) is 9.97 Å². The van der Waals surface area contributed by atoms with Crippen LogP contribution in [-0.4, -0.2) is 37.6 Å². The standard InChI is InChI=1S/C17H16FN5O4/c1-3-27-12(24)8-22-14-13(15(19)25)20-9(2)21-16(14)23(17(22)26)11-6-4-10(18)5-7-11/h4-7H,3,8H2,1-2H3,(H2,19,25). The van der Waals surface area contributed by atoms with Crippen LogP contribution in [0.5, 0.6) is 0 Å². The summed E-state index contributed by atoms with van der Waals surface area (Å²) in [5.41, 5.74) is 4.95. The summed E-state index contributed by atoms with van der Waals surface area (Å²) in [5, 5.41) is 0. The summed E-state index contributed by atoms with van der Waals surface area (Å²) in [6, 6.07) is 5.12. The molecule has 2 N–H and O–H groups in total. The van der Waals surface area contributed by atoms with Gasteiger partial charge in [-0.3, -0.25) is 14.2 Å². The van der Waals surface area contributed by atoms with Crippen LogP contribution in [-0.2, 0) is 16.1 Å². The number of benzene rings is 1. The molecule has 2 heterocycles. The first-order chi connectivity index (χ1) is 12.8. The number of esters is 1. The van der Waals surface area contributed by atoms with Gasteiger partial charge in [0, 0.05) is 0 Å². The Hall–Kier alpha value is -3.56. The number of aromatic nitrogens is 4. The maximum absolute atomic E-state index is 13.3. The quantitative estimate of drug-likeness (QED) is 0.657. The zero-order valence-electron chi connectivity index (χ0n) is 14.6. The van der Waals surface area contributed by atoms with Crippen LogP contribution in [0.1, 0.15) is 23.2 Å². The number of carbonyl (C=O) groups excluding carboxylic acids is 2. The van der Waals surface area contributed by atoms with Crippen LogP contribution in [0.25, 0.3) is 16.9 Å². The molecule has 0 aliphatic rings. The highest BCUT2D eigenvalue weighted by Crippen LogP contribution is 2.19. The molecule has 140 valence electrons. The molecular formula is C17H16FN5O4. The fraction of sp³-hybridized carbons (Fsp3) is 0.235. The topological polar surface area (TPSA) is 122 Å². The number of ether oxygens (including phenoxy) is 1. The summed E-state index contributed by atoms with van der Waals surface area (Å²) in [5.74, 6) is -1.82. The Labute approximate surface area is 152 Å². The molecule has 9 nitrogen and oxygen atoms in total. The Morgan fingerprint density at radius 3 is 2.48 bits per heavy atom. The zero-order valence-corrected chi connectivity index (χ0v) is 14.6. The van der Waals surface area contributed by atoms with E-state index in [0.717, 1.165) is 9.13 Å². The number of nitrogens with zero attached hydrogens (tertiary/aromatic N) is 4. The van der Waals surface area contributed by atoms with Crippen molar-refractivity contribution in [2.24, 2.45) is 5.73 Å². The summed E-state index contributed by atoms with van der Waals surface area (Å²) < 4.78 is 20.3. The first-order valence-electron chi connectivity index (χ1n) is 8.04. The van der Waals surface area contributed by atoms with E-state index in [-0.39, 0.29) is 29.3 Å². The Morgan fingerprint density at radius 1 is 1.22 bits per heavy atom. The average molecular weight is 373 g/mol. The Bertz CT molecular complexity index is 1100. The van der Waals surface area contributed by atoms with Crippen LogP contribution in [0.3, 0.4) is 0 Å². The van der Waals surface area contributed by atoms with E-state index in [1.807, 2.05) is 0 Å². The number of carbonyl (C=O) groups is 2. The minimum absolute atomic E-state index is 0.00970. The summed E-state index contributed by atoms with van der Waals surface area (Å²) in [6.45, 7) is 2.84. The maximum Gasteiger partial charge on any atom is 0.335 e. The first-order valence-corrected chi connectivity index (χ1v) is 8.04. The van der Waals surface area contributed by atoms with Gasteiger partial charge in [-0.15, -0.1) is 0 Å². The molecule has 0 aliphatic heterocycles. The van der Waals surface area contributed by atoms with Gasteiger partial charge in [-0.25, -0.2) is 23.7 Å². The molecule has 1 amide bonds. The van der Waals surface area contributed by atoms with Crippen molar-refractivity contribution in [1.29, 1.82) is 0 Å². The number of primary amides is 1. The Morgan fingerprint density at radius 2 is 1.89 bits per heavy atom. The molecule has 0 saturated carbocycles. The molecule has 0 bridgehead atoms. The summed E-state index contributed by atoms with van der Waals surface area (Å²) in [7, 11) is 0. The monoisotopic (exact) mass is 373 g/mol. The van der Waals surface area contributed by atoms with Gasteiger partial charge in [0.2, 0.25) is 0 Å². The molecule has 2 aromatic heterocycles. The predicted molar refractivity (Wildman–Crippen MR) is 93.0 cm³/mol. The SMILES string of the molecule is CCOC(=O)Cn1c(=O)n(-c2ccc(F)cc2)c2nc(C)nc(C(N)=O)c21. The lowest BCUT2D eigenvalue weighted by atomic mass is 10.3. The maximum atomic E-state index is 13.3. The lowest BCUT2D eigenvalue weighted by Gasteiger charge is -2.05. The van der Waals surface area contributed by atoms with E-state index in [4.69, 9.17) is 10.5 Å². The number of hydrogen-bond acceptors (Lipinski definition) is 6. The molecular weight excluding hydrogens is 357 g/mol. The third-order valence-corrected chi connectivity index (χ3v) is 3.79. The smallest absolute Gasteiger partial charge is 0.335 e. The highest BCUT2D eigenvalue weighted by Gasteiger charge is 2.24. The van der Waals surface area contributed by atoms with Crippen LogP contribution >= 0.6 is 0 Å². The van der Waals surface area contributed by atoms with Crippen LogP contribution in [0.4, 0.5) is 4.39 Å².